The van der Waals surface area contributed by atoms with E-state index in [1.165, 1.54) is 0 Å². The smallest absolute Gasteiger partial charge is 0.229 e. The summed E-state index contributed by atoms with van der Waals surface area (Å²) in [7, 11) is 3.31. The van der Waals surface area contributed by atoms with Crippen LogP contribution < -0.4 is 10.1 Å². The standard InChI is InChI=1S/C21H26N10O2/c1-32-10-9-29-7-4-16(5-8-29)30-14-15(12-24-30)25-21-23-13-18-20(26-21)31(28-27-18)17-3-6-22-19(11-17)33-2/h3,6,11-14,16H,4-5,7-10H2,1-2H3,(H,23,25,26). The van der Waals surface area contributed by atoms with Gasteiger partial charge in [-0.3, -0.25) is 4.68 Å². The minimum absolute atomic E-state index is 0.384. The van der Waals surface area contributed by atoms with Gasteiger partial charge in [-0.15, -0.1) is 5.10 Å². The predicted octanol–water partition coefficient (Wildman–Crippen LogP) is 1.84. The van der Waals surface area contributed by atoms with Crippen LogP contribution in [0.5, 0.6) is 5.88 Å². The van der Waals surface area contributed by atoms with Crippen molar-refractivity contribution in [2.24, 2.45) is 0 Å². The third kappa shape index (κ3) is 4.61. The van der Waals surface area contributed by atoms with Gasteiger partial charge in [-0.2, -0.15) is 14.8 Å². The topological polar surface area (TPSA) is 121 Å². The third-order valence-corrected chi connectivity index (χ3v) is 5.77. The quantitative estimate of drug-likeness (QED) is 0.425. The fraction of sp³-hybridized carbons (Fsp3) is 0.429. The Morgan fingerprint density at radius 2 is 2.03 bits per heavy atom. The second-order valence-electron chi connectivity index (χ2n) is 7.86. The van der Waals surface area contributed by atoms with Crippen LogP contribution in [0, 0.1) is 0 Å². The number of piperidine rings is 1. The van der Waals surface area contributed by atoms with Crippen LogP contribution in [0.3, 0.4) is 0 Å². The molecule has 172 valence electrons. The molecule has 0 atom stereocenters. The van der Waals surface area contributed by atoms with Gasteiger partial charge in [0.2, 0.25) is 11.8 Å². The predicted molar refractivity (Wildman–Crippen MR) is 121 cm³/mol. The van der Waals surface area contributed by atoms with Crippen LogP contribution in [0.1, 0.15) is 18.9 Å². The van der Waals surface area contributed by atoms with E-state index in [1.807, 2.05) is 16.9 Å². The lowest BCUT2D eigenvalue weighted by atomic mass is 10.1. The van der Waals surface area contributed by atoms with E-state index < -0.39 is 0 Å². The summed E-state index contributed by atoms with van der Waals surface area (Å²) in [5.41, 5.74) is 2.75. The summed E-state index contributed by atoms with van der Waals surface area (Å²) in [5.74, 6) is 0.932. The van der Waals surface area contributed by atoms with Crippen molar-refractivity contribution in [2.75, 3.05) is 45.8 Å². The molecule has 5 rings (SSSR count). The molecule has 5 heterocycles. The number of ether oxygens (including phenoxy) is 2. The number of hydrogen-bond donors (Lipinski definition) is 1. The molecule has 0 aliphatic carbocycles. The van der Waals surface area contributed by atoms with E-state index >= 15 is 0 Å². The van der Waals surface area contributed by atoms with Crippen LogP contribution in [0.4, 0.5) is 11.6 Å². The minimum Gasteiger partial charge on any atom is -0.481 e. The van der Waals surface area contributed by atoms with Crippen molar-refractivity contribution in [3.8, 4) is 11.6 Å². The first-order valence-corrected chi connectivity index (χ1v) is 10.8. The van der Waals surface area contributed by atoms with Gasteiger partial charge in [0, 0.05) is 45.2 Å². The average Bonchev–Trinajstić information content (AvgIpc) is 3.50. The van der Waals surface area contributed by atoms with Gasteiger partial charge in [0.15, 0.2) is 11.2 Å². The zero-order valence-electron chi connectivity index (χ0n) is 18.6. The molecule has 33 heavy (non-hydrogen) atoms. The Morgan fingerprint density at radius 1 is 1.15 bits per heavy atom. The van der Waals surface area contributed by atoms with Gasteiger partial charge >= 0.3 is 0 Å². The molecule has 0 radical (unpaired) electrons. The number of likely N-dealkylation sites (tertiary alicyclic amines) is 1. The first-order valence-electron chi connectivity index (χ1n) is 10.8. The van der Waals surface area contributed by atoms with Gasteiger partial charge in [0.25, 0.3) is 0 Å². The molecule has 0 amide bonds. The van der Waals surface area contributed by atoms with Crippen molar-refractivity contribution < 1.29 is 9.47 Å². The number of nitrogens with zero attached hydrogens (tertiary/aromatic N) is 9. The number of nitrogens with one attached hydrogen (secondary N) is 1. The van der Waals surface area contributed by atoms with Gasteiger partial charge in [0.05, 0.1) is 43.5 Å². The number of anilines is 2. The molecule has 1 aliphatic rings. The van der Waals surface area contributed by atoms with Gasteiger partial charge in [-0.1, -0.05) is 5.21 Å². The lowest BCUT2D eigenvalue weighted by Gasteiger charge is -2.31. The highest BCUT2D eigenvalue weighted by Gasteiger charge is 2.21. The van der Waals surface area contributed by atoms with Crippen LogP contribution in [0.2, 0.25) is 0 Å². The Kier molecular flexibility index (Phi) is 6.09. The van der Waals surface area contributed by atoms with Crippen molar-refractivity contribution in [2.45, 2.75) is 18.9 Å². The van der Waals surface area contributed by atoms with Gasteiger partial charge in [-0.25, -0.2) is 9.97 Å². The molecule has 12 heteroatoms. The van der Waals surface area contributed by atoms with E-state index in [9.17, 15) is 0 Å². The Morgan fingerprint density at radius 3 is 2.85 bits per heavy atom. The Balaban J connectivity index is 1.30. The summed E-state index contributed by atoms with van der Waals surface area (Å²) in [6.45, 7) is 3.85. The second-order valence-corrected chi connectivity index (χ2v) is 7.86. The van der Waals surface area contributed by atoms with Gasteiger partial charge in [-0.05, 0) is 18.9 Å². The largest absolute Gasteiger partial charge is 0.481 e. The van der Waals surface area contributed by atoms with Crippen LogP contribution in [0.15, 0.2) is 36.9 Å². The Labute approximate surface area is 190 Å². The zero-order chi connectivity index (χ0) is 22.6. The summed E-state index contributed by atoms with van der Waals surface area (Å²) in [6, 6.07) is 3.97. The minimum atomic E-state index is 0.384. The number of aromatic nitrogens is 8. The van der Waals surface area contributed by atoms with Gasteiger partial charge < -0.3 is 19.7 Å². The molecule has 0 unspecified atom stereocenters. The number of fused-ring (bicyclic) bond motifs is 1. The van der Waals surface area contributed by atoms with E-state index in [-0.39, 0.29) is 0 Å². The highest BCUT2D eigenvalue weighted by Crippen LogP contribution is 2.24. The van der Waals surface area contributed by atoms with Crippen molar-refractivity contribution in [3.05, 3.63) is 36.9 Å². The van der Waals surface area contributed by atoms with Crippen molar-refractivity contribution >= 4 is 22.8 Å². The van der Waals surface area contributed by atoms with E-state index in [1.54, 1.807) is 43.6 Å². The average molecular weight is 451 g/mol. The van der Waals surface area contributed by atoms with Crippen molar-refractivity contribution in [1.82, 2.24) is 44.6 Å². The number of pyridine rings is 1. The maximum Gasteiger partial charge on any atom is 0.229 e. The lowest BCUT2D eigenvalue weighted by molar-refractivity contribution is 0.119. The van der Waals surface area contributed by atoms with Crippen molar-refractivity contribution in [1.29, 1.82) is 0 Å². The maximum absolute atomic E-state index is 5.21. The van der Waals surface area contributed by atoms with Crippen LogP contribution in [-0.2, 0) is 4.74 Å². The third-order valence-electron chi connectivity index (χ3n) is 5.77. The van der Waals surface area contributed by atoms with Gasteiger partial charge in [0.1, 0.15) is 0 Å². The van der Waals surface area contributed by atoms with E-state index in [0.717, 1.165) is 50.5 Å². The number of rotatable bonds is 8. The molecule has 1 fully saturated rings. The normalized spacial score (nSPS) is 15.2. The fourth-order valence-electron chi connectivity index (χ4n) is 3.96. The van der Waals surface area contributed by atoms with E-state index in [4.69, 9.17) is 9.47 Å². The zero-order valence-corrected chi connectivity index (χ0v) is 18.6. The SMILES string of the molecule is COCCN1CCC(n2cc(Nc3ncc4nnn(-c5ccnc(OC)c5)c4n3)cn2)CC1. The van der Waals surface area contributed by atoms with Crippen LogP contribution in [0.25, 0.3) is 16.9 Å². The van der Waals surface area contributed by atoms with E-state index in [0.29, 0.717) is 29.0 Å². The molecule has 0 bridgehead atoms. The number of methoxy groups -OCH3 is 2. The first kappa shape index (κ1) is 21.2. The summed E-state index contributed by atoms with van der Waals surface area (Å²) in [5, 5.41) is 16.2. The molecule has 1 saturated heterocycles. The molecule has 12 nitrogen and oxygen atoms in total. The molecule has 1 aliphatic heterocycles. The summed E-state index contributed by atoms with van der Waals surface area (Å²) >= 11 is 0. The van der Waals surface area contributed by atoms with Crippen LogP contribution >= 0.6 is 0 Å². The molecule has 4 aromatic rings. The molecule has 4 aromatic heterocycles. The van der Waals surface area contributed by atoms with E-state index in [2.05, 4.69) is 40.6 Å². The Hall–Kier alpha value is -3.64. The Bertz CT molecular complexity index is 1210. The maximum atomic E-state index is 5.21. The molecule has 0 saturated carbocycles. The first-order chi connectivity index (χ1) is 16.2. The van der Waals surface area contributed by atoms with Crippen LogP contribution in [-0.4, -0.2) is 85.1 Å². The molecule has 0 spiro atoms. The molecule has 1 N–H and O–H groups in total. The fourth-order valence-corrected chi connectivity index (χ4v) is 3.96. The summed E-state index contributed by atoms with van der Waals surface area (Å²) < 4.78 is 14.1. The molecular weight excluding hydrogens is 424 g/mol. The highest BCUT2D eigenvalue weighted by molar-refractivity contribution is 5.72. The lowest BCUT2D eigenvalue weighted by Crippen LogP contribution is -2.36. The highest BCUT2D eigenvalue weighted by atomic mass is 16.5. The summed E-state index contributed by atoms with van der Waals surface area (Å²) in [6.07, 6.45) is 9.23. The monoisotopic (exact) mass is 450 g/mol. The summed E-state index contributed by atoms with van der Waals surface area (Å²) in [4.78, 5) is 15.6. The number of hydrogen-bond acceptors (Lipinski definition) is 10. The second kappa shape index (κ2) is 9.46. The molecular formula is C21H26N10O2. The van der Waals surface area contributed by atoms with Crippen molar-refractivity contribution in [3.63, 3.8) is 0 Å². The molecule has 0 aromatic carbocycles.